The van der Waals surface area contributed by atoms with Gasteiger partial charge in [0.15, 0.2) is 5.69 Å². The molecule has 0 saturated carbocycles. The number of rotatable bonds is 3. The van der Waals surface area contributed by atoms with Crippen LogP contribution in [0.1, 0.15) is 28.0 Å². The van der Waals surface area contributed by atoms with Gasteiger partial charge < -0.3 is 10.0 Å². The molecule has 1 aliphatic rings. The molecule has 2 aromatic carbocycles. The topological polar surface area (TPSA) is 71.2 Å². The number of carbonyl (C=O) groups is 1. The van der Waals surface area contributed by atoms with E-state index in [0.29, 0.717) is 19.5 Å². The molecule has 3 aromatic rings. The number of benzene rings is 2. The Labute approximate surface area is 169 Å². The van der Waals surface area contributed by atoms with Gasteiger partial charge in [-0.15, -0.1) is 5.10 Å². The Morgan fingerprint density at radius 1 is 1.07 bits per heavy atom. The summed E-state index contributed by atoms with van der Waals surface area (Å²) in [6.07, 6.45) is -0.806. The average molecular weight is 414 g/mol. The van der Waals surface area contributed by atoms with E-state index in [-0.39, 0.29) is 17.1 Å². The highest BCUT2D eigenvalue weighted by atomic mass is 19.4. The molecular formula is C21H17F3N4O2. The van der Waals surface area contributed by atoms with Gasteiger partial charge in [0, 0.05) is 13.1 Å². The highest BCUT2D eigenvalue weighted by molar-refractivity contribution is 5.92. The summed E-state index contributed by atoms with van der Waals surface area (Å²) in [4.78, 5) is 14.3. The van der Waals surface area contributed by atoms with Crippen LogP contribution in [0.4, 0.5) is 13.2 Å². The van der Waals surface area contributed by atoms with Crippen LogP contribution in [-0.2, 0) is 6.18 Å². The second kappa shape index (κ2) is 7.66. The van der Waals surface area contributed by atoms with Crippen molar-refractivity contribution in [3.63, 3.8) is 0 Å². The maximum atomic E-state index is 13.2. The molecule has 0 aliphatic carbocycles. The molecule has 0 bridgehead atoms. The van der Waals surface area contributed by atoms with Crippen LogP contribution in [0.5, 0.6) is 5.75 Å². The van der Waals surface area contributed by atoms with E-state index < -0.39 is 17.6 Å². The van der Waals surface area contributed by atoms with Gasteiger partial charge in [0.25, 0.3) is 5.91 Å². The number of para-hydroxylation sites is 1. The summed E-state index contributed by atoms with van der Waals surface area (Å²) in [5, 5.41) is 16.9. The van der Waals surface area contributed by atoms with Crippen molar-refractivity contribution in [1.29, 1.82) is 0 Å². The number of phenolic OH excluding ortho intramolecular Hbond substituents is 1. The summed E-state index contributed by atoms with van der Waals surface area (Å²) < 4.78 is 40.7. The molecule has 6 nitrogen and oxygen atoms in total. The number of nitrogens with zero attached hydrogens (tertiary/aromatic N) is 4. The fourth-order valence-electron chi connectivity index (χ4n) is 3.35. The van der Waals surface area contributed by atoms with E-state index in [4.69, 9.17) is 0 Å². The fraction of sp³-hybridized carbons (Fsp3) is 0.190. The van der Waals surface area contributed by atoms with Crippen molar-refractivity contribution in [2.45, 2.75) is 12.6 Å². The number of phenols is 1. The van der Waals surface area contributed by atoms with Crippen molar-refractivity contribution in [2.75, 3.05) is 13.1 Å². The van der Waals surface area contributed by atoms with Crippen LogP contribution in [0.2, 0.25) is 0 Å². The third-order valence-electron chi connectivity index (χ3n) is 4.90. The minimum atomic E-state index is -4.55. The van der Waals surface area contributed by atoms with Crippen molar-refractivity contribution in [3.8, 4) is 11.4 Å². The van der Waals surface area contributed by atoms with E-state index in [2.05, 4.69) is 10.3 Å². The Morgan fingerprint density at radius 3 is 2.47 bits per heavy atom. The summed E-state index contributed by atoms with van der Waals surface area (Å²) in [5.74, 6) is -0.214. The third kappa shape index (κ3) is 3.91. The molecule has 0 unspecified atom stereocenters. The van der Waals surface area contributed by atoms with E-state index in [9.17, 15) is 23.1 Å². The van der Waals surface area contributed by atoms with E-state index in [0.717, 1.165) is 21.9 Å². The number of alkyl halides is 3. The third-order valence-corrected chi connectivity index (χ3v) is 4.90. The monoisotopic (exact) mass is 414 g/mol. The van der Waals surface area contributed by atoms with Gasteiger partial charge in [-0.25, -0.2) is 4.68 Å². The zero-order valence-electron chi connectivity index (χ0n) is 15.7. The normalized spacial score (nSPS) is 14.5. The fourth-order valence-corrected chi connectivity index (χ4v) is 3.35. The average Bonchev–Trinajstić information content (AvgIpc) is 3.23. The van der Waals surface area contributed by atoms with Crippen LogP contribution in [0, 0.1) is 0 Å². The Hall–Kier alpha value is -3.62. The Bertz CT molecular complexity index is 1100. The van der Waals surface area contributed by atoms with E-state index >= 15 is 0 Å². The van der Waals surface area contributed by atoms with Gasteiger partial charge in [0.05, 0.1) is 17.4 Å². The maximum absolute atomic E-state index is 13.2. The molecule has 2 heterocycles. The van der Waals surface area contributed by atoms with E-state index in [1.54, 1.807) is 17.0 Å². The molecule has 0 saturated heterocycles. The van der Waals surface area contributed by atoms with Crippen LogP contribution in [0.15, 0.2) is 60.8 Å². The van der Waals surface area contributed by atoms with Crippen molar-refractivity contribution < 1.29 is 23.1 Å². The van der Waals surface area contributed by atoms with E-state index in [1.165, 1.54) is 24.4 Å². The molecule has 4 rings (SSSR count). The van der Waals surface area contributed by atoms with Crippen molar-refractivity contribution in [3.05, 3.63) is 77.6 Å². The van der Waals surface area contributed by atoms with Gasteiger partial charge in [0.1, 0.15) is 5.75 Å². The van der Waals surface area contributed by atoms with Crippen LogP contribution >= 0.6 is 0 Å². The summed E-state index contributed by atoms with van der Waals surface area (Å²) in [7, 11) is 0. The van der Waals surface area contributed by atoms with E-state index in [1.807, 2.05) is 18.2 Å². The first-order valence-corrected chi connectivity index (χ1v) is 9.19. The number of hydrogen-bond donors (Lipinski definition) is 1. The lowest BCUT2D eigenvalue weighted by atomic mass is 9.99. The smallest absolute Gasteiger partial charge is 0.418 e. The minimum Gasteiger partial charge on any atom is -0.508 e. The molecule has 154 valence electrons. The van der Waals surface area contributed by atoms with Crippen LogP contribution in [0.3, 0.4) is 0 Å². The molecule has 0 fully saturated rings. The zero-order chi connectivity index (χ0) is 21.3. The van der Waals surface area contributed by atoms with Gasteiger partial charge >= 0.3 is 6.18 Å². The van der Waals surface area contributed by atoms with Gasteiger partial charge in [0.2, 0.25) is 0 Å². The SMILES string of the molecule is O=C(c1cn(-c2ccccc2C(F)(F)F)nn1)N1CC=C(c2ccc(O)cc2)CC1. The summed E-state index contributed by atoms with van der Waals surface area (Å²) in [5.41, 5.74) is 0.961. The largest absolute Gasteiger partial charge is 0.508 e. The first-order chi connectivity index (χ1) is 14.3. The molecule has 0 spiro atoms. The van der Waals surface area contributed by atoms with Crippen LogP contribution < -0.4 is 0 Å². The number of aromatic hydroxyl groups is 1. The number of aromatic nitrogens is 3. The Kier molecular flexibility index (Phi) is 5.03. The lowest BCUT2D eigenvalue weighted by Gasteiger charge is -2.25. The lowest BCUT2D eigenvalue weighted by Crippen LogP contribution is -2.34. The van der Waals surface area contributed by atoms with Crippen LogP contribution in [0.25, 0.3) is 11.3 Å². The van der Waals surface area contributed by atoms with Crippen molar-refractivity contribution >= 4 is 11.5 Å². The molecule has 1 amide bonds. The van der Waals surface area contributed by atoms with Crippen molar-refractivity contribution in [1.82, 2.24) is 19.9 Å². The Balaban J connectivity index is 1.51. The standard InChI is InChI=1S/C21H17F3N4O2/c22-21(23,24)17-3-1-2-4-19(17)28-13-18(25-26-28)20(30)27-11-9-15(10-12-27)14-5-7-16(29)8-6-14/h1-9,13,29H,10-12H2. The molecule has 9 heteroatoms. The first kappa shape index (κ1) is 19.7. The second-order valence-electron chi connectivity index (χ2n) is 6.84. The predicted octanol–water partition coefficient (Wildman–Crippen LogP) is 3.92. The summed E-state index contributed by atoms with van der Waals surface area (Å²) in [6.45, 7) is 0.790. The molecule has 30 heavy (non-hydrogen) atoms. The number of hydrogen-bond acceptors (Lipinski definition) is 4. The molecule has 0 atom stereocenters. The van der Waals surface area contributed by atoms with Gasteiger partial charge in [-0.3, -0.25) is 4.79 Å². The quantitative estimate of drug-likeness (QED) is 0.705. The highest BCUT2D eigenvalue weighted by Crippen LogP contribution is 2.33. The number of amides is 1. The van der Waals surface area contributed by atoms with Gasteiger partial charge in [-0.05, 0) is 41.8 Å². The minimum absolute atomic E-state index is 0.0199. The molecular weight excluding hydrogens is 397 g/mol. The zero-order valence-corrected chi connectivity index (χ0v) is 15.7. The predicted molar refractivity (Wildman–Crippen MR) is 103 cm³/mol. The van der Waals surface area contributed by atoms with Gasteiger partial charge in [-0.2, -0.15) is 13.2 Å². The summed E-state index contributed by atoms with van der Waals surface area (Å²) >= 11 is 0. The molecule has 0 radical (unpaired) electrons. The van der Waals surface area contributed by atoms with Crippen molar-refractivity contribution in [2.24, 2.45) is 0 Å². The lowest BCUT2D eigenvalue weighted by molar-refractivity contribution is -0.137. The number of halogens is 3. The molecule has 1 aromatic heterocycles. The van der Waals surface area contributed by atoms with Gasteiger partial charge in [-0.1, -0.05) is 35.6 Å². The first-order valence-electron chi connectivity index (χ1n) is 9.19. The molecule has 1 N–H and O–H groups in total. The van der Waals surface area contributed by atoms with Crippen LogP contribution in [-0.4, -0.2) is 44.0 Å². The highest BCUT2D eigenvalue weighted by Gasteiger charge is 2.34. The number of carbonyl (C=O) groups excluding carboxylic acids is 1. The maximum Gasteiger partial charge on any atom is 0.418 e. The second-order valence-corrected chi connectivity index (χ2v) is 6.84. The Morgan fingerprint density at radius 2 is 1.80 bits per heavy atom. The molecule has 1 aliphatic heterocycles. The summed E-state index contributed by atoms with van der Waals surface area (Å²) in [6, 6.07) is 11.8.